The van der Waals surface area contributed by atoms with Crippen LogP contribution in [0.1, 0.15) is 0 Å². The number of fused-ring (bicyclic) bond motifs is 1. The van der Waals surface area contributed by atoms with E-state index < -0.39 is 11.2 Å². The molecule has 2 aromatic heterocycles. The maximum Gasteiger partial charge on any atom is 0.330 e. The van der Waals surface area contributed by atoms with Crippen LogP contribution < -0.4 is 11.2 Å². The van der Waals surface area contributed by atoms with E-state index in [1.807, 2.05) is 0 Å². The maximum atomic E-state index is 13.1. The Hall–Kier alpha value is -2.80. The molecule has 6 nitrogen and oxygen atoms in total. The number of ether oxygens (including phenoxy) is 1. The van der Waals surface area contributed by atoms with Crippen LogP contribution in [0, 0.1) is 5.82 Å². The third-order valence-electron chi connectivity index (χ3n) is 3.55. The molecule has 0 atom stereocenters. The minimum absolute atomic E-state index is 0.266. The predicted molar refractivity (Wildman–Crippen MR) is 83.9 cm³/mol. The van der Waals surface area contributed by atoms with Crippen molar-refractivity contribution < 1.29 is 9.13 Å². The lowest BCUT2D eigenvalue weighted by Crippen LogP contribution is -2.32. The van der Waals surface area contributed by atoms with Gasteiger partial charge in [0.15, 0.2) is 0 Å². The highest BCUT2D eigenvalue weighted by Crippen LogP contribution is 2.24. The quantitative estimate of drug-likeness (QED) is 0.792. The molecule has 23 heavy (non-hydrogen) atoms. The number of aromatic nitrogens is 3. The van der Waals surface area contributed by atoms with Crippen molar-refractivity contribution in [2.24, 2.45) is 0 Å². The molecule has 0 aliphatic carbocycles. The predicted octanol–water partition coefficient (Wildman–Crippen LogP) is 1.54. The van der Waals surface area contributed by atoms with Crippen LogP contribution in [0.5, 0.6) is 0 Å². The average Bonchev–Trinajstić information content (AvgIpc) is 2.55. The van der Waals surface area contributed by atoms with Crippen molar-refractivity contribution in [1.82, 2.24) is 14.5 Å². The number of hydrogen-bond acceptors (Lipinski definition) is 4. The molecular weight excluding hydrogens is 301 g/mol. The molecule has 118 valence electrons. The van der Waals surface area contributed by atoms with Gasteiger partial charge >= 0.3 is 5.69 Å². The molecule has 3 rings (SSSR count). The topological polar surface area (TPSA) is 77.0 Å². The lowest BCUT2D eigenvalue weighted by molar-refractivity contribution is 0.187. The van der Waals surface area contributed by atoms with Gasteiger partial charge in [0.25, 0.3) is 5.56 Å². The summed E-state index contributed by atoms with van der Waals surface area (Å²) in [7, 11) is 1.52. The van der Waals surface area contributed by atoms with Gasteiger partial charge in [-0.1, -0.05) is 12.1 Å². The van der Waals surface area contributed by atoms with E-state index in [2.05, 4.69) is 9.97 Å². The number of halogens is 1. The van der Waals surface area contributed by atoms with Crippen molar-refractivity contribution in [3.63, 3.8) is 0 Å². The second-order valence-electron chi connectivity index (χ2n) is 4.97. The van der Waals surface area contributed by atoms with E-state index in [0.29, 0.717) is 17.7 Å². The van der Waals surface area contributed by atoms with Gasteiger partial charge in [-0.25, -0.2) is 14.2 Å². The van der Waals surface area contributed by atoms with Gasteiger partial charge in [-0.15, -0.1) is 0 Å². The first-order valence-electron chi connectivity index (χ1n) is 6.98. The summed E-state index contributed by atoms with van der Waals surface area (Å²) in [4.78, 5) is 30.8. The van der Waals surface area contributed by atoms with Crippen LogP contribution in [0.4, 0.5) is 4.39 Å². The third kappa shape index (κ3) is 2.78. The Morgan fingerprint density at radius 1 is 1.22 bits per heavy atom. The summed E-state index contributed by atoms with van der Waals surface area (Å²) in [6.07, 6.45) is 1.52. The first-order chi connectivity index (χ1) is 11.1. The fourth-order valence-electron chi connectivity index (χ4n) is 2.46. The fraction of sp³-hybridized carbons (Fsp3) is 0.188. The Labute approximate surface area is 130 Å². The van der Waals surface area contributed by atoms with Crippen molar-refractivity contribution in [2.45, 2.75) is 6.54 Å². The Kier molecular flexibility index (Phi) is 4.03. The number of nitrogens with one attached hydrogen (secondary N) is 1. The Balaban J connectivity index is 2.31. The number of benzene rings is 1. The monoisotopic (exact) mass is 315 g/mol. The van der Waals surface area contributed by atoms with E-state index in [4.69, 9.17) is 4.74 Å². The lowest BCUT2D eigenvalue weighted by Gasteiger charge is -2.11. The molecule has 7 heteroatoms. The molecule has 0 spiro atoms. The minimum atomic E-state index is -0.539. The molecule has 0 unspecified atom stereocenters. The van der Waals surface area contributed by atoms with Crippen molar-refractivity contribution in [1.29, 1.82) is 0 Å². The zero-order chi connectivity index (χ0) is 16.4. The average molecular weight is 315 g/mol. The van der Waals surface area contributed by atoms with Crippen LogP contribution in [0.3, 0.4) is 0 Å². The molecule has 0 fully saturated rings. The van der Waals surface area contributed by atoms with E-state index in [1.165, 1.54) is 30.0 Å². The van der Waals surface area contributed by atoms with Gasteiger partial charge in [0.2, 0.25) is 0 Å². The van der Waals surface area contributed by atoms with Crippen molar-refractivity contribution >= 4 is 11.0 Å². The van der Waals surface area contributed by atoms with Crippen LogP contribution in [0.25, 0.3) is 22.2 Å². The normalized spacial score (nSPS) is 11.0. The molecule has 1 N–H and O–H groups in total. The molecule has 0 saturated carbocycles. The van der Waals surface area contributed by atoms with Gasteiger partial charge in [-0.3, -0.25) is 14.3 Å². The first kappa shape index (κ1) is 15.1. The lowest BCUT2D eigenvalue weighted by atomic mass is 10.0. The molecule has 0 bridgehead atoms. The number of nitrogens with zero attached hydrogens (tertiary/aromatic N) is 2. The van der Waals surface area contributed by atoms with E-state index in [1.54, 1.807) is 18.2 Å². The third-order valence-corrected chi connectivity index (χ3v) is 3.55. The summed E-state index contributed by atoms with van der Waals surface area (Å²) >= 11 is 0. The van der Waals surface area contributed by atoms with Gasteiger partial charge in [0.1, 0.15) is 11.5 Å². The molecule has 0 saturated heterocycles. The van der Waals surface area contributed by atoms with Crippen molar-refractivity contribution in [3.05, 3.63) is 63.2 Å². The SMILES string of the molecule is COCCn1c(=O)[nH]c(=O)c2c(-c3ccc(F)cc3)ccnc21. The van der Waals surface area contributed by atoms with Crippen LogP contribution in [-0.2, 0) is 11.3 Å². The summed E-state index contributed by atoms with van der Waals surface area (Å²) < 4.78 is 19.5. The highest BCUT2D eigenvalue weighted by atomic mass is 19.1. The second kappa shape index (κ2) is 6.13. The van der Waals surface area contributed by atoms with Crippen LogP contribution in [-0.4, -0.2) is 28.3 Å². The number of methoxy groups -OCH3 is 1. The first-order valence-corrected chi connectivity index (χ1v) is 6.98. The number of rotatable bonds is 4. The van der Waals surface area contributed by atoms with Gasteiger partial charge in [-0.05, 0) is 29.3 Å². The molecule has 2 heterocycles. The van der Waals surface area contributed by atoms with Gasteiger partial charge in [-0.2, -0.15) is 0 Å². The van der Waals surface area contributed by atoms with Crippen molar-refractivity contribution in [3.8, 4) is 11.1 Å². The zero-order valence-corrected chi connectivity index (χ0v) is 12.4. The number of H-pyrrole nitrogens is 1. The summed E-state index contributed by atoms with van der Waals surface area (Å²) in [6.45, 7) is 0.575. The molecule has 0 amide bonds. The Morgan fingerprint density at radius 3 is 2.65 bits per heavy atom. The smallest absolute Gasteiger partial charge is 0.330 e. The minimum Gasteiger partial charge on any atom is -0.383 e. The van der Waals surface area contributed by atoms with E-state index in [0.717, 1.165) is 0 Å². The molecule has 3 aromatic rings. The largest absolute Gasteiger partial charge is 0.383 e. The summed E-state index contributed by atoms with van der Waals surface area (Å²) in [6, 6.07) is 7.45. The fourth-order valence-corrected chi connectivity index (χ4v) is 2.46. The Bertz CT molecular complexity index is 961. The molecule has 0 radical (unpaired) electrons. The van der Waals surface area contributed by atoms with Crippen molar-refractivity contribution in [2.75, 3.05) is 13.7 Å². The van der Waals surface area contributed by atoms with Crippen LogP contribution >= 0.6 is 0 Å². The second-order valence-corrected chi connectivity index (χ2v) is 4.97. The maximum absolute atomic E-state index is 13.1. The van der Waals surface area contributed by atoms with Gasteiger partial charge < -0.3 is 4.74 Å². The summed E-state index contributed by atoms with van der Waals surface area (Å²) in [5.74, 6) is -0.363. The van der Waals surface area contributed by atoms with Gasteiger partial charge in [0.05, 0.1) is 18.5 Å². The molecular formula is C16H14FN3O3. The number of pyridine rings is 1. The van der Waals surface area contributed by atoms with Crippen LogP contribution in [0.15, 0.2) is 46.1 Å². The van der Waals surface area contributed by atoms with Crippen LogP contribution in [0.2, 0.25) is 0 Å². The van der Waals surface area contributed by atoms with Gasteiger partial charge in [0, 0.05) is 13.3 Å². The summed E-state index contributed by atoms with van der Waals surface area (Å²) in [5, 5.41) is 0.287. The molecule has 0 aliphatic heterocycles. The zero-order valence-electron chi connectivity index (χ0n) is 12.4. The molecule has 0 aliphatic rings. The standard InChI is InChI=1S/C16H14FN3O3/c1-23-9-8-20-14-13(15(21)19-16(20)22)12(6-7-18-14)10-2-4-11(17)5-3-10/h2-7H,8-9H2,1H3,(H,19,21,22). The highest BCUT2D eigenvalue weighted by molar-refractivity contribution is 5.91. The number of hydrogen-bond donors (Lipinski definition) is 1. The highest BCUT2D eigenvalue weighted by Gasteiger charge is 2.13. The van der Waals surface area contributed by atoms with E-state index in [-0.39, 0.29) is 23.4 Å². The number of aromatic amines is 1. The molecule has 1 aromatic carbocycles. The van der Waals surface area contributed by atoms with E-state index >= 15 is 0 Å². The van der Waals surface area contributed by atoms with E-state index in [9.17, 15) is 14.0 Å². The Morgan fingerprint density at radius 2 is 1.96 bits per heavy atom. The summed E-state index contributed by atoms with van der Waals surface area (Å²) in [5.41, 5.74) is 0.468.